The van der Waals surface area contributed by atoms with Crippen molar-refractivity contribution in [3.05, 3.63) is 24.3 Å². The number of carbonyl (C=O) groups excluding carboxylic acids is 2. The van der Waals surface area contributed by atoms with Crippen molar-refractivity contribution >= 4 is 27.3 Å². The van der Waals surface area contributed by atoms with E-state index in [-0.39, 0.29) is 18.1 Å². The van der Waals surface area contributed by atoms with Crippen molar-refractivity contribution in [2.75, 3.05) is 30.0 Å². The number of amides is 2. The van der Waals surface area contributed by atoms with Crippen LogP contribution in [0.3, 0.4) is 0 Å². The smallest absolute Gasteiger partial charge is 0.314 e. The molecule has 1 aromatic rings. The van der Waals surface area contributed by atoms with Crippen LogP contribution in [0.15, 0.2) is 24.3 Å². The molecule has 1 saturated heterocycles. The van der Waals surface area contributed by atoms with Crippen LogP contribution in [0.2, 0.25) is 0 Å². The van der Waals surface area contributed by atoms with E-state index in [0.29, 0.717) is 24.5 Å². The van der Waals surface area contributed by atoms with Crippen LogP contribution in [0.25, 0.3) is 0 Å². The Morgan fingerprint density at radius 2 is 2.00 bits per heavy atom. The molecule has 0 saturated carbocycles. The van der Waals surface area contributed by atoms with Gasteiger partial charge >= 0.3 is 11.8 Å². The zero-order valence-corrected chi connectivity index (χ0v) is 14.6. The molecule has 0 spiro atoms. The number of para-hydroxylation sites is 2. The Bertz CT molecular complexity index is 717. The van der Waals surface area contributed by atoms with E-state index in [0.717, 1.165) is 0 Å². The van der Waals surface area contributed by atoms with E-state index in [2.05, 4.69) is 5.32 Å². The van der Waals surface area contributed by atoms with E-state index in [1.807, 2.05) is 6.92 Å². The molecule has 24 heavy (non-hydrogen) atoms. The lowest BCUT2D eigenvalue weighted by Gasteiger charge is -2.26. The van der Waals surface area contributed by atoms with Gasteiger partial charge in [0, 0.05) is 12.6 Å². The van der Waals surface area contributed by atoms with Gasteiger partial charge in [0.2, 0.25) is 0 Å². The van der Waals surface area contributed by atoms with E-state index < -0.39 is 27.7 Å². The molecule has 1 aromatic carbocycles. The first-order chi connectivity index (χ1) is 11.4. The average molecular weight is 354 g/mol. The van der Waals surface area contributed by atoms with E-state index in [1.54, 1.807) is 31.2 Å². The van der Waals surface area contributed by atoms with Crippen molar-refractivity contribution in [1.82, 2.24) is 4.90 Å². The monoisotopic (exact) mass is 354 g/mol. The van der Waals surface area contributed by atoms with E-state index >= 15 is 0 Å². The third kappa shape index (κ3) is 4.25. The van der Waals surface area contributed by atoms with Gasteiger partial charge in [-0.3, -0.25) is 9.59 Å². The van der Waals surface area contributed by atoms with Crippen molar-refractivity contribution < 1.29 is 22.7 Å². The third-order valence-corrected chi connectivity index (χ3v) is 5.63. The quantitative estimate of drug-likeness (QED) is 0.798. The van der Waals surface area contributed by atoms with Gasteiger partial charge in [-0.2, -0.15) is 0 Å². The molecule has 1 atom stereocenters. The zero-order valence-electron chi connectivity index (χ0n) is 13.8. The number of likely N-dealkylation sites (N-methyl/N-ethyl adjacent to an activating group) is 1. The second-order valence-corrected chi connectivity index (χ2v) is 7.76. The van der Waals surface area contributed by atoms with Crippen LogP contribution in [0.5, 0.6) is 5.75 Å². The Morgan fingerprint density at radius 1 is 1.29 bits per heavy atom. The molecule has 1 aliphatic heterocycles. The summed E-state index contributed by atoms with van der Waals surface area (Å²) < 4.78 is 28.6. The molecule has 7 nitrogen and oxygen atoms in total. The van der Waals surface area contributed by atoms with Crippen molar-refractivity contribution in [3.8, 4) is 5.75 Å². The Labute approximate surface area is 141 Å². The summed E-state index contributed by atoms with van der Waals surface area (Å²) in [5.41, 5.74) is 0.410. The average Bonchev–Trinajstić information content (AvgIpc) is 2.90. The van der Waals surface area contributed by atoms with E-state index in [9.17, 15) is 18.0 Å². The summed E-state index contributed by atoms with van der Waals surface area (Å²) in [4.78, 5) is 26.0. The highest BCUT2D eigenvalue weighted by molar-refractivity contribution is 7.91. The molecule has 1 N–H and O–H groups in total. The molecule has 132 valence electrons. The second kappa shape index (κ2) is 7.65. The third-order valence-electron chi connectivity index (χ3n) is 3.88. The SMILES string of the molecule is CCOc1ccccc1NC(=O)C(=O)N(CC)C1CCS(=O)(=O)C1. The Balaban J connectivity index is 2.10. The summed E-state index contributed by atoms with van der Waals surface area (Å²) in [6.45, 7) is 4.26. The highest BCUT2D eigenvalue weighted by Crippen LogP contribution is 2.24. The summed E-state index contributed by atoms with van der Waals surface area (Å²) in [6, 6.07) is 6.39. The number of rotatable bonds is 5. The first-order valence-corrected chi connectivity index (χ1v) is 9.74. The highest BCUT2D eigenvalue weighted by atomic mass is 32.2. The van der Waals surface area contributed by atoms with Gasteiger partial charge in [0.1, 0.15) is 5.75 Å². The first-order valence-electron chi connectivity index (χ1n) is 7.92. The fourth-order valence-corrected chi connectivity index (χ4v) is 4.48. The van der Waals surface area contributed by atoms with Gasteiger partial charge in [-0.15, -0.1) is 0 Å². The number of hydrogen-bond donors (Lipinski definition) is 1. The van der Waals surface area contributed by atoms with Gasteiger partial charge < -0.3 is 15.0 Å². The van der Waals surface area contributed by atoms with Crippen LogP contribution < -0.4 is 10.1 Å². The fourth-order valence-electron chi connectivity index (χ4n) is 2.75. The van der Waals surface area contributed by atoms with Crippen molar-refractivity contribution in [2.24, 2.45) is 0 Å². The van der Waals surface area contributed by atoms with E-state index in [4.69, 9.17) is 4.74 Å². The number of anilines is 1. The molecular formula is C16H22N2O5S. The predicted octanol–water partition coefficient (Wildman–Crippen LogP) is 1.06. The molecule has 0 radical (unpaired) electrons. The number of ether oxygens (including phenoxy) is 1. The Morgan fingerprint density at radius 3 is 2.58 bits per heavy atom. The zero-order chi connectivity index (χ0) is 17.7. The standard InChI is InChI=1S/C16H22N2O5S/c1-3-18(12-9-10-24(21,22)11-12)16(20)15(19)17-13-7-5-6-8-14(13)23-4-2/h5-8,12H,3-4,9-11H2,1-2H3,(H,17,19). The minimum Gasteiger partial charge on any atom is -0.492 e. The molecular weight excluding hydrogens is 332 g/mol. The number of hydrogen-bond acceptors (Lipinski definition) is 5. The van der Waals surface area contributed by atoms with Crippen LogP contribution in [0.1, 0.15) is 20.3 Å². The predicted molar refractivity (Wildman–Crippen MR) is 90.7 cm³/mol. The summed E-state index contributed by atoms with van der Waals surface area (Å²) in [7, 11) is -3.13. The lowest BCUT2D eigenvalue weighted by Crippen LogP contribution is -2.46. The van der Waals surface area contributed by atoms with Crippen LogP contribution in [-0.4, -0.2) is 55.8 Å². The lowest BCUT2D eigenvalue weighted by atomic mass is 10.2. The van der Waals surface area contributed by atoms with Crippen LogP contribution in [0.4, 0.5) is 5.69 Å². The largest absolute Gasteiger partial charge is 0.492 e. The topological polar surface area (TPSA) is 92.8 Å². The van der Waals surface area contributed by atoms with Gasteiger partial charge in [0.25, 0.3) is 0 Å². The highest BCUT2D eigenvalue weighted by Gasteiger charge is 2.36. The Hall–Kier alpha value is -2.09. The van der Waals surface area contributed by atoms with Crippen molar-refractivity contribution in [2.45, 2.75) is 26.3 Å². The van der Waals surface area contributed by atoms with E-state index in [1.165, 1.54) is 4.90 Å². The number of carbonyl (C=O) groups is 2. The molecule has 1 fully saturated rings. The molecule has 8 heteroatoms. The van der Waals surface area contributed by atoms with Crippen LogP contribution >= 0.6 is 0 Å². The second-order valence-electron chi connectivity index (χ2n) is 5.53. The number of nitrogens with zero attached hydrogens (tertiary/aromatic N) is 1. The molecule has 0 aliphatic carbocycles. The molecule has 0 bridgehead atoms. The molecule has 2 rings (SSSR count). The maximum Gasteiger partial charge on any atom is 0.314 e. The van der Waals surface area contributed by atoms with Gasteiger partial charge in [0.15, 0.2) is 9.84 Å². The summed E-state index contributed by atoms with van der Waals surface area (Å²) >= 11 is 0. The molecule has 0 aromatic heterocycles. The minimum absolute atomic E-state index is 0.0518. The fraction of sp³-hybridized carbons (Fsp3) is 0.500. The number of benzene rings is 1. The van der Waals surface area contributed by atoms with Crippen LogP contribution in [-0.2, 0) is 19.4 Å². The molecule has 1 unspecified atom stereocenters. The Kier molecular flexibility index (Phi) is 5.82. The minimum atomic E-state index is -3.13. The summed E-state index contributed by atoms with van der Waals surface area (Å²) in [5, 5.41) is 2.55. The van der Waals surface area contributed by atoms with Crippen molar-refractivity contribution in [3.63, 3.8) is 0 Å². The van der Waals surface area contributed by atoms with Gasteiger partial charge in [0.05, 0.1) is 23.8 Å². The molecule has 2 amide bonds. The number of sulfone groups is 1. The van der Waals surface area contributed by atoms with Gasteiger partial charge in [-0.25, -0.2) is 8.42 Å². The van der Waals surface area contributed by atoms with Gasteiger partial charge in [-0.05, 0) is 32.4 Å². The van der Waals surface area contributed by atoms with Gasteiger partial charge in [-0.1, -0.05) is 12.1 Å². The maximum absolute atomic E-state index is 12.4. The maximum atomic E-state index is 12.4. The molecule has 1 heterocycles. The van der Waals surface area contributed by atoms with Crippen LogP contribution in [0, 0.1) is 0 Å². The summed E-state index contributed by atoms with van der Waals surface area (Å²) in [5.74, 6) is -1.09. The normalized spacial score (nSPS) is 18.8. The number of nitrogens with one attached hydrogen (secondary N) is 1. The molecule has 1 aliphatic rings. The summed E-state index contributed by atoms with van der Waals surface area (Å²) in [6.07, 6.45) is 0.366. The van der Waals surface area contributed by atoms with Crippen molar-refractivity contribution in [1.29, 1.82) is 0 Å². The first kappa shape index (κ1) is 18.3. The lowest BCUT2D eigenvalue weighted by molar-refractivity contribution is -0.144.